The molecule has 0 radical (unpaired) electrons. The number of benzene rings is 1. The molecule has 0 unspecified atom stereocenters. The molecule has 0 saturated carbocycles. The molecule has 0 fully saturated rings. The van der Waals surface area contributed by atoms with Crippen LogP contribution in [0, 0.1) is 20.8 Å². The third-order valence-corrected chi connectivity index (χ3v) is 3.20. The molecule has 0 aliphatic heterocycles. The van der Waals surface area contributed by atoms with Crippen molar-refractivity contribution >= 4 is 11.4 Å². The molecular weight excluding hydrogens is 196 g/mol. The van der Waals surface area contributed by atoms with Gasteiger partial charge in [-0.2, -0.15) is 0 Å². The van der Waals surface area contributed by atoms with Gasteiger partial charge in [-0.15, -0.1) is 0 Å². The zero-order chi connectivity index (χ0) is 11.7. The zero-order valence-corrected chi connectivity index (χ0v) is 10.3. The van der Waals surface area contributed by atoms with Gasteiger partial charge in [0, 0.05) is 6.42 Å². The number of hydrogen-bond acceptors (Lipinski definition) is 1. The number of allylic oxidation sites excluding steroid dienone is 2. The largest absolute Gasteiger partial charge is 0.295 e. The average molecular weight is 214 g/mol. The summed E-state index contributed by atoms with van der Waals surface area (Å²) in [5.41, 5.74) is 6.39. The standard InChI is InChI=1S/C15H18O/c1-10-7-11(2)15(12(3)8-10)13-5-4-6-14(16)9-13/h7-9H,4-6H2,1-3H3. The van der Waals surface area contributed by atoms with Crippen LogP contribution in [0.1, 0.15) is 41.5 Å². The van der Waals surface area contributed by atoms with Crippen molar-refractivity contribution in [3.8, 4) is 0 Å². The lowest BCUT2D eigenvalue weighted by Crippen LogP contribution is -2.04. The van der Waals surface area contributed by atoms with Crippen LogP contribution in [0.15, 0.2) is 18.2 Å². The first-order chi connectivity index (χ1) is 7.58. The summed E-state index contributed by atoms with van der Waals surface area (Å²) in [6.07, 6.45) is 4.59. The Bertz CT molecular complexity index is 443. The Labute approximate surface area is 97.2 Å². The number of carbonyl (C=O) groups excluding carboxylic acids is 1. The Hall–Kier alpha value is -1.37. The summed E-state index contributed by atoms with van der Waals surface area (Å²) in [6, 6.07) is 4.39. The highest BCUT2D eigenvalue weighted by Gasteiger charge is 2.15. The van der Waals surface area contributed by atoms with Crippen molar-refractivity contribution in [3.63, 3.8) is 0 Å². The number of carbonyl (C=O) groups is 1. The smallest absolute Gasteiger partial charge is 0.155 e. The summed E-state index contributed by atoms with van der Waals surface area (Å²) in [6.45, 7) is 6.38. The highest BCUT2D eigenvalue weighted by molar-refractivity contribution is 5.99. The van der Waals surface area contributed by atoms with Gasteiger partial charge in [0.2, 0.25) is 0 Å². The van der Waals surface area contributed by atoms with Crippen molar-refractivity contribution in [1.29, 1.82) is 0 Å². The maximum atomic E-state index is 11.5. The van der Waals surface area contributed by atoms with E-state index in [1.807, 2.05) is 6.08 Å². The predicted octanol–water partition coefficient (Wildman–Crippen LogP) is 3.75. The lowest BCUT2D eigenvalue weighted by molar-refractivity contribution is -0.114. The van der Waals surface area contributed by atoms with Crippen molar-refractivity contribution in [2.24, 2.45) is 0 Å². The lowest BCUT2D eigenvalue weighted by Gasteiger charge is -2.17. The summed E-state index contributed by atoms with van der Waals surface area (Å²) in [5, 5.41) is 0. The maximum absolute atomic E-state index is 11.5. The molecule has 0 spiro atoms. The van der Waals surface area contributed by atoms with Gasteiger partial charge in [-0.25, -0.2) is 0 Å². The number of aryl methyl sites for hydroxylation is 3. The Kier molecular flexibility index (Phi) is 2.95. The Balaban J connectivity index is 2.52. The zero-order valence-electron chi connectivity index (χ0n) is 10.3. The van der Waals surface area contributed by atoms with Gasteiger partial charge in [-0.05, 0) is 62.0 Å². The van der Waals surface area contributed by atoms with E-state index < -0.39 is 0 Å². The lowest BCUT2D eigenvalue weighted by atomic mass is 9.87. The fourth-order valence-corrected chi connectivity index (χ4v) is 2.68. The fraction of sp³-hybridized carbons (Fsp3) is 0.400. The van der Waals surface area contributed by atoms with E-state index in [2.05, 4.69) is 32.9 Å². The second-order valence-electron chi connectivity index (χ2n) is 4.76. The van der Waals surface area contributed by atoms with Crippen LogP contribution in [-0.4, -0.2) is 5.78 Å². The third kappa shape index (κ3) is 2.08. The second kappa shape index (κ2) is 4.25. The molecule has 1 heteroatoms. The Morgan fingerprint density at radius 2 is 1.62 bits per heavy atom. The summed E-state index contributed by atoms with van der Waals surface area (Å²) in [4.78, 5) is 11.5. The molecule has 84 valence electrons. The molecule has 0 N–H and O–H groups in total. The minimum absolute atomic E-state index is 0.278. The molecule has 0 atom stereocenters. The van der Waals surface area contributed by atoms with Gasteiger partial charge in [0.05, 0.1) is 0 Å². The second-order valence-corrected chi connectivity index (χ2v) is 4.76. The molecular formula is C15H18O. The molecule has 16 heavy (non-hydrogen) atoms. The topological polar surface area (TPSA) is 17.1 Å². The summed E-state index contributed by atoms with van der Waals surface area (Å²) in [7, 11) is 0. The van der Waals surface area contributed by atoms with Crippen LogP contribution in [0.5, 0.6) is 0 Å². The van der Waals surface area contributed by atoms with Crippen LogP contribution in [0.4, 0.5) is 0 Å². The highest BCUT2D eigenvalue weighted by atomic mass is 16.1. The van der Waals surface area contributed by atoms with E-state index in [4.69, 9.17) is 0 Å². The molecule has 1 aliphatic rings. The number of hydrogen-bond donors (Lipinski definition) is 0. The summed E-state index contributed by atoms with van der Waals surface area (Å²) in [5.74, 6) is 0.278. The Morgan fingerprint density at radius 3 is 2.19 bits per heavy atom. The van der Waals surface area contributed by atoms with Crippen molar-refractivity contribution < 1.29 is 4.79 Å². The van der Waals surface area contributed by atoms with E-state index in [0.717, 1.165) is 12.8 Å². The van der Waals surface area contributed by atoms with Crippen LogP contribution in [0.2, 0.25) is 0 Å². The van der Waals surface area contributed by atoms with Gasteiger partial charge >= 0.3 is 0 Å². The van der Waals surface area contributed by atoms with Gasteiger partial charge in [0.15, 0.2) is 5.78 Å². The average Bonchev–Trinajstić information content (AvgIpc) is 2.15. The van der Waals surface area contributed by atoms with Crippen molar-refractivity contribution in [3.05, 3.63) is 40.5 Å². The first kappa shape index (κ1) is 11.1. The number of rotatable bonds is 1. The first-order valence-corrected chi connectivity index (χ1v) is 5.89. The molecule has 0 saturated heterocycles. The molecule has 1 nitrogen and oxygen atoms in total. The highest BCUT2D eigenvalue weighted by Crippen LogP contribution is 2.30. The van der Waals surface area contributed by atoms with Gasteiger partial charge in [-0.3, -0.25) is 4.79 Å². The molecule has 0 amide bonds. The normalized spacial score (nSPS) is 16.2. The van der Waals surface area contributed by atoms with Crippen LogP contribution in [-0.2, 0) is 4.79 Å². The van der Waals surface area contributed by atoms with Crippen molar-refractivity contribution in [1.82, 2.24) is 0 Å². The predicted molar refractivity (Wildman–Crippen MR) is 67.5 cm³/mol. The van der Waals surface area contributed by atoms with Crippen LogP contribution in [0.3, 0.4) is 0 Å². The minimum Gasteiger partial charge on any atom is -0.295 e. The van der Waals surface area contributed by atoms with E-state index in [-0.39, 0.29) is 5.78 Å². The third-order valence-electron chi connectivity index (χ3n) is 3.20. The van der Waals surface area contributed by atoms with Crippen LogP contribution < -0.4 is 0 Å². The van der Waals surface area contributed by atoms with E-state index >= 15 is 0 Å². The molecule has 0 aromatic heterocycles. The molecule has 2 rings (SSSR count). The first-order valence-electron chi connectivity index (χ1n) is 5.89. The molecule has 0 heterocycles. The van der Waals surface area contributed by atoms with Gasteiger partial charge < -0.3 is 0 Å². The molecule has 0 bridgehead atoms. The van der Waals surface area contributed by atoms with Gasteiger partial charge in [0.1, 0.15) is 0 Å². The van der Waals surface area contributed by atoms with Gasteiger partial charge in [0.25, 0.3) is 0 Å². The quantitative estimate of drug-likeness (QED) is 0.696. The van der Waals surface area contributed by atoms with E-state index in [0.29, 0.717) is 6.42 Å². The maximum Gasteiger partial charge on any atom is 0.155 e. The minimum atomic E-state index is 0.278. The van der Waals surface area contributed by atoms with E-state index in [1.54, 1.807) is 0 Å². The van der Waals surface area contributed by atoms with E-state index in [9.17, 15) is 4.79 Å². The molecule has 1 aromatic rings. The number of ketones is 1. The van der Waals surface area contributed by atoms with Gasteiger partial charge in [-0.1, -0.05) is 17.7 Å². The van der Waals surface area contributed by atoms with Crippen LogP contribution in [0.25, 0.3) is 5.57 Å². The summed E-state index contributed by atoms with van der Waals surface area (Å²) >= 11 is 0. The summed E-state index contributed by atoms with van der Waals surface area (Å²) < 4.78 is 0. The van der Waals surface area contributed by atoms with E-state index in [1.165, 1.54) is 27.8 Å². The van der Waals surface area contributed by atoms with Crippen molar-refractivity contribution in [2.75, 3.05) is 0 Å². The Morgan fingerprint density at radius 1 is 1.00 bits per heavy atom. The van der Waals surface area contributed by atoms with Crippen LogP contribution >= 0.6 is 0 Å². The molecule has 1 aromatic carbocycles. The monoisotopic (exact) mass is 214 g/mol. The molecule has 1 aliphatic carbocycles. The van der Waals surface area contributed by atoms with Crippen molar-refractivity contribution in [2.45, 2.75) is 40.0 Å². The SMILES string of the molecule is Cc1cc(C)c(C2=CC(=O)CCC2)c(C)c1. The fourth-order valence-electron chi connectivity index (χ4n) is 2.68.